The fourth-order valence-corrected chi connectivity index (χ4v) is 3.17. The van der Waals surface area contributed by atoms with E-state index < -0.39 is 0 Å². The lowest BCUT2D eigenvalue weighted by Crippen LogP contribution is -2.38. The second-order valence-electron chi connectivity index (χ2n) is 6.63. The molecule has 0 spiro atoms. The summed E-state index contributed by atoms with van der Waals surface area (Å²) >= 11 is 0. The van der Waals surface area contributed by atoms with Crippen LogP contribution in [0.15, 0.2) is 48.8 Å². The van der Waals surface area contributed by atoms with E-state index in [1.54, 1.807) is 6.20 Å². The van der Waals surface area contributed by atoms with Gasteiger partial charge in [0.2, 0.25) is 0 Å². The van der Waals surface area contributed by atoms with Crippen LogP contribution in [0.2, 0.25) is 0 Å². The van der Waals surface area contributed by atoms with Gasteiger partial charge in [0.1, 0.15) is 5.82 Å². The van der Waals surface area contributed by atoms with Gasteiger partial charge in [-0.15, -0.1) is 0 Å². The highest BCUT2D eigenvalue weighted by atomic mass is 19.1. The summed E-state index contributed by atoms with van der Waals surface area (Å²) in [6.45, 7) is 6.44. The third kappa shape index (κ3) is 5.59. The summed E-state index contributed by atoms with van der Waals surface area (Å²) in [7, 11) is 0. The van der Waals surface area contributed by atoms with E-state index in [-0.39, 0.29) is 18.0 Å². The van der Waals surface area contributed by atoms with E-state index in [1.807, 2.05) is 13.0 Å². The van der Waals surface area contributed by atoms with E-state index in [0.717, 1.165) is 44.8 Å². The minimum Gasteiger partial charge on any atom is -0.376 e. The van der Waals surface area contributed by atoms with Crippen LogP contribution >= 0.6 is 0 Å². The van der Waals surface area contributed by atoms with Crippen molar-refractivity contribution >= 4 is 0 Å². The number of nitrogens with one attached hydrogen (secondary N) is 1. The fraction of sp³-hybridized carbons (Fsp3) is 0.450. The second-order valence-corrected chi connectivity index (χ2v) is 6.63. The Morgan fingerprint density at radius 2 is 2.16 bits per heavy atom. The third-order valence-electron chi connectivity index (χ3n) is 4.56. The Morgan fingerprint density at radius 3 is 2.96 bits per heavy atom. The van der Waals surface area contributed by atoms with Gasteiger partial charge in [-0.2, -0.15) is 0 Å². The molecule has 1 aliphatic heterocycles. The summed E-state index contributed by atoms with van der Waals surface area (Å²) < 4.78 is 19.3. The topological polar surface area (TPSA) is 37.4 Å². The number of hydrogen-bond donors (Lipinski definition) is 1. The maximum absolute atomic E-state index is 13.3. The molecule has 0 bridgehead atoms. The zero-order valence-electron chi connectivity index (χ0n) is 14.7. The van der Waals surface area contributed by atoms with Crippen molar-refractivity contribution in [2.45, 2.75) is 32.0 Å². The summed E-state index contributed by atoms with van der Waals surface area (Å²) in [5.41, 5.74) is 2.19. The molecule has 25 heavy (non-hydrogen) atoms. The molecule has 0 saturated carbocycles. The molecule has 1 aliphatic rings. The number of pyridine rings is 1. The summed E-state index contributed by atoms with van der Waals surface area (Å²) in [6, 6.07) is 12.1. The molecule has 3 rings (SSSR count). The molecule has 2 aromatic rings. The normalized spacial score (nSPS) is 20.2. The molecule has 0 unspecified atom stereocenters. The number of aromatic nitrogens is 1. The first kappa shape index (κ1) is 18.0. The summed E-state index contributed by atoms with van der Waals surface area (Å²) in [6.07, 6.45) is 4.12. The van der Waals surface area contributed by atoms with Gasteiger partial charge in [0.25, 0.3) is 0 Å². The number of rotatable bonds is 6. The number of nitrogens with zero attached hydrogens (tertiary/aromatic N) is 2. The van der Waals surface area contributed by atoms with E-state index >= 15 is 0 Å². The summed E-state index contributed by atoms with van der Waals surface area (Å²) in [4.78, 5) is 6.37. The molecular formula is C20H26FN3O. The second kappa shape index (κ2) is 9.04. The Morgan fingerprint density at radius 1 is 1.32 bits per heavy atom. The first-order chi connectivity index (χ1) is 12.2. The maximum Gasteiger partial charge on any atom is 0.141 e. The zero-order valence-corrected chi connectivity index (χ0v) is 14.7. The van der Waals surface area contributed by atoms with Crippen LogP contribution in [0, 0.1) is 5.82 Å². The number of ether oxygens (including phenoxy) is 1. The molecule has 4 nitrogen and oxygen atoms in total. The predicted octanol–water partition coefficient (Wildman–Crippen LogP) is 3.16. The first-order valence-corrected chi connectivity index (χ1v) is 8.92. The highest BCUT2D eigenvalue weighted by Gasteiger charge is 2.19. The van der Waals surface area contributed by atoms with Crippen LogP contribution in [0.1, 0.15) is 30.5 Å². The summed E-state index contributed by atoms with van der Waals surface area (Å²) in [5, 5.41) is 3.45. The third-order valence-corrected chi connectivity index (χ3v) is 4.56. The van der Waals surface area contributed by atoms with Crippen molar-refractivity contribution in [3.63, 3.8) is 0 Å². The molecule has 1 N–H and O–H groups in total. The average molecular weight is 343 g/mol. The monoisotopic (exact) mass is 343 g/mol. The molecule has 134 valence electrons. The molecule has 2 atom stereocenters. The smallest absolute Gasteiger partial charge is 0.141 e. The van der Waals surface area contributed by atoms with Crippen molar-refractivity contribution < 1.29 is 9.13 Å². The molecule has 0 aliphatic carbocycles. The molecule has 1 aromatic heterocycles. The van der Waals surface area contributed by atoms with E-state index in [0.29, 0.717) is 0 Å². The average Bonchev–Trinajstić information content (AvgIpc) is 2.85. The van der Waals surface area contributed by atoms with E-state index in [1.165, 1.54) is 17.8 Å². The molecule has 0 radical (unpaired) electrons. The Labute approximate surface area is 149 Å². The lowest BCUT2D eigenvalue weighted by molar-refractivity contribution is 0.0518. The number of halogens is 1. The molecule has 1 aromatic carbocycles. The lowest BCUT2D eigenvalue weighted by Gasteiger charge is -2.25. The van der Waals surface area contributed by atoms with E-state index in [2.05, 4.69) is 39.5 Å². The van der Waals surface area contributed by atoms with Crippen molar-refractivity contribution in [3.8, 4) is 0 Å². The molecular weight excluding hydrogens is 317 g/mol. The molecule has 1 fully saturated rings. The lowest BCUT2D eigenvalue weighted by atomic mass is 10.1. The standard InChI is InChI=1S/C20H26FN3O/c1-16(18-10-19(21)12-22-11-18)23-13-20-15-24(8-5-9-25-20)14-17-6-3-2-4-7-17/h2-4,6-7,10-12,16,20,23H,5,8-9,13-15H2,1H3/t16-,20+/m0/s1. The predicted molar refractivity (Wildman–Crippen MR) is 96.7 cm³/mol. The van der Waals surface area contributed by atoms with Crippen LogP contribution in [0.4, 0.5) is 4.39 Å². The van der Waals surface area contributed by atoms with Gasteiger partial charge in [-0.05, 0) is 30.5 Å². The zero-order chi connectivity index (χ0) is 17.5. The van der Waals surface area contributed by atoms with Crippen molar-refractivity contribution in [2.75, 3.05) is 26.2 Å². The molecule has 1 saturated heterocycles. The first-order valence-electron chi connectivity index (χ1n) is 8.92. The van der Waals surface area contributed by atoms with Gasteiger partial charge in [-0.1, -0.05) is 30.3 Å². The van der Waals surface area contributed by atoms with Crippen LogP contribution in [-0.4, -0.2) is 42.2 Å². The highest BCUT2D eigenvalue weighted by Crippen LogP contribution is 2.14. The van der Waals surface area contributed by atoms with Crippen molar-refractivity contribution in [1.29, 1.82) is 0 Å². The minimum atomic E-state index is -0.300. The quantitative estimate of drug-likeness (QED) is 0.874. The maximum atomic E-state index is 13.3. The van der Waals surface area contributed by atoms with Crippen LogP contribution in [-0.2, 0) is 11.3 Å². The van der Waals surface area contributed by atoms with Gasteiger partial charge >= 0.3 is 0 Å². The number of benzene rings is 1. The van der Waals surface area contributed by atoms with Crippen molar-refractivity contribution in [2.24, 2.45) is 0 Å². The fourth-order valence-electron chi connectivity index (χ4n) is 3.17. The Hall–Kier alpha value is -1.82. The van der Waals surface area contributed by atoms with Crippen LogP contribution < -0.4 is 5.32 Å². The van der Waals surface area contributed by atoms with Crippen molar-refractivity contribution in [1.82, 2.24) is 15.2 Å². The van der Waals surface area contributed by atoms with Gasteiger partial charge in [0.05, 0.1) is 12.3 Å². The number of hydrogen-bond acceptors (Lipinski definition) is 4. The molecule has 0 amide bonds. The SMILES string of the molecule is C[C@H](NC[C@@H]1CN(Cc2ccccc2)CCCO1)c1cncc(F)c1. The minimum absolute atomic E-state index is 0.0395. The van der Waals surface area contributed by atoms with Gasteiger partial charge in [0, 0.05) is 45.0 Å². The Bertz CT molecular complexity index is 652. The van der Waals surface area contributed by atoms with Crippen LogP contribution in [0.5, 0.6) is 0 Å². The van der Waals surface area contributed by atoms with Crippen LogP contribution in [0.3, 0.4) is 0 Å². The van der Waals surface area contributed by atoms with E-state index in [4.69, 9.17) is 4.74 Å². The van der Waals surface area contributed by atoms with Gasteiger partial charge < -0.3 is 10.1 Å². The van der Waals surface area contributed by atoms with Crippen LogP contribution in [0.25, 0.3) is 0 Å². The summed E-state index contributed by atoms with van der Waals surface area (Å²) in [5.74, 6) is -0.300. The molecule has 2 heterocycles. The Kier molecular flexibility index (Phi) is 6.50. The van der Waals surface area contributed by atoms with E-state index in [9.17, 15) is 4.39 Å². The Balaban J connectivity index is 1.52. The van der Waals surface area contributed by atoms with Crippen molar-refractivity contribution in [3.05, 3.63) is 65.7 Å². The van der Waals surface area contributed by atoms with Gasteiger partial charge in [-0.25, -0.2) is 4.39 Å². The largest absolute Gasteiger partial charge is 0.376 e. The van der Waals surface area contributed by atoms with Gasteiger partial charge in [0.15, 0.2) is 0 Å². The molecule has 5 heteroatoms. The highest BCUT2D eigenvalue weighted by molar-refractivity contribution is 5.15. The van der Waals surface area contributed by atoms with Gasteiger partial charge in [-0.3, -0.25) is 9.88 Å².